The number of β-amino-alcohol motifs (C(OH)–C–C–N with tert-alkyl or cyclic N) is 1. The van der Waals surface area contributed by atoms with Gasteiger partial charge in [-0.05, 0) is 32.1 Å². The number of likely N-dealkylation sites (tertiary alicyclic amines) is 1. The standard InChI is InChI=1S/C21H20ClNO5.ClH/c1-23-7-6-12(17(27)10-23)19-14(24)8-15(25)20-16(26)9-18(28-21(19)20)11-4-2-3-5-13(11)22;/h2-5,8-9,12,17,24-25,27H,6-7,10H2,1H3;1H/t12-,17+;/m0./s1. The van der Waals surface area contributed by atoms with Gasteiger partial charge in [-0.3, -0.25) is 4.79 Å². The maximum absolute atomic E-state index is 12.8. The van der Waals surface area contributed by atoms with E-state index in [9.17, 15) is 20.1 Å². The van der Waals surface area contributed by atoms with Gasteiger partial charge in [-0.15, -0.1) is 12.4 Å². The van der Waals surface area contributed by atoms with Crippen molar-refractivity contribution in [3.63, 3.8) is 0 Å². The number of likely N-dealkylation sites (N-methyl/N-ethyl adjacent to an activating group) is 1. The second-order valence-corrected chi connectivity index (χ2v) is 7.62. The number of aliphatic hydroxyl groups excluding tert-OH is 1. The molecular weight excluding hydrogens is 417 g/mol. The zero-order valence-corrected chi connectivity index (χ0v) is 17.2. The van der Waals surface area contributed by atoms with Crippen LogP contribution in [0.1, 0.15) is 17.9 Å². The first-order chi connectivity index (χ1) is 13.4. The fraction of sp³-hybridized carbons (Fsp3) is 0.286. The van der Waals surface area contributed by atoms with Gasteiger partial charge in [0.1, 0.15) is 28.2 Å². The molecule has 0 saturated carbocycles. The van der Waals surface area contributed by atoms with Gasteiger partial charge in [0.15, 0.2) is 5.43 Å². The lowest BCUT2D eigenvalue weighted by molar-refractivity contribution is 0.0630. The molecule has 6 nitrogen and oxygen atoms in total. The lowest BCUT2D eigenvalue weighted by atomic mass is 9.85. The number of hydrogen-bond donors (Lipinski definition) is 3. The summed E-state index contributed by atoms with van der Waals surface area (Å²) in [4.78, 5) is 14.8. The molecule has 1 aromatic heterocycles. The van der Waals surface area contributed by atoms with Crippen LogP contribution in [-0.2, 0) is 0 Å². The fourth-order valence-corrected chi connectivity index (χ4v) is 4.13. The Morgan fingerprint density at radius 2 is 1.90 bits per heavy atom. The molecule has 2 heterocycles. The van der Waals surface area contributed by atoms with E-state index < -0.39 is 17.5 Å². The average molecular weight is 438 g/mol. The summed E-state index contributed by atoms with van der Waals surface area (Å²) in [5.41, 5.74) is 0.492. The lowest BCUT2D eigenvalue weighted by Crippen LogP contribution is -2.40. The van der Waals surface area contributed by atoms with E-state index in [0.29, 0.717) is 29.1 Å². The summed E-state index contributed by atoms with van der Waals surface area (Å²) in [6, 6.07) is 9.35. The Morgan fingerprint density at radius 3 is 2.59 bits per heavy atom. The average Bonchev–Trinajstić information content (AvgIpc) is 2.63. The normalized spacial score (nSPS) is 19.8. The summed E-state index contributed by atoms with van der Waals surface area (Å²) < 4.78 is 6.00. The minimum absolute atomic E-state index is 0. The quantitative estimate of drug-likeness (QED) is 0.565. The largest absolute Gasteiger partial charge is 0.507 e. The Kier molecular flexibility index (Phi) is 6.10. The van der Waals surface area contributed by atoms with Gasteiger partial charge < -0.3 is 24.6 Å². The highest BCUT2D eigenvalue weighted by atomic mass is 35.5. The van der Waals surface area contributed by atoms with Gasteiger partial charge in [-0.25, -0.2) is 0 Å². The van der Waals surface area contributed by atoms with E-state index in [0.717, 1.165) is 12.6 Å². The molecule has 0 unspecified atom stereocenters. The second kappa shape index (κ2) is 8.24. The van der Waals surface area contributed by atoms with Crippen LogP contribution in [0.4, 0.5) is 0 Å². The van der Waals surface area contributed by atoms with Crippen molar-refractivity contribution < 1.29 is 19.7 Å². The van der Waals surface area contributed by atoms with Crippen molar-refractivity contribution in [1.82, 2.24) is 4.90 Å². The Bertz CT molecular complexity index is 1110. The number of phenols is 2. The molecule has 2 aromatic carbocycles. The summed E-state index contributed by atoms with van der Waals surface area (Å²) in [7, 11) is 1.91. The Morgan fingerprint density at radius 1 is 1.17 bits per heavy atom. The SMILES string of the molecule is CN1CC[C@H](c2c(O)cc(O)c3c(=O)cc(-c4ccccc4Cl)oc23)[C@H](O)C1.Cl. The molecule has 29 heavy (non-hydrogen) atoms. The highest BCUT2D eigenvalue weighted by molar-refractivity contribution is 6.33. The van der Waals surface area contributed by atoms with Crippen molar-refractivity contribution in [2.24, 2.45) is 0 Å². The van der Waals surface area contributed by atoms with Crippen LogP contribution in [-0.4, -0.2) is 46.5 Å². The van der Waals surface area contributed by atoms with E-state index in [1.54, 1.807) is 24.3 Å². The van der Waals surface area contributed by atoms with Crippen molar-refractivity contribution in [2.75, 3.05) is 20.1 Å². The van der Waals surface area contributed by atoms with E-state index in [-0.39, 0.29) is 40.6 Å². The molecule has 0 radical (unpaired) electrons. The molecule has 3 N–H and O–H groups in total. The number of hydrogen-bond acceptors (Lipinski definition) is 6. The van der Waals surface area contributed by atoms with Crippen LogP contribution < -0.4 is 5.43 Å². The van der Waals surface area contributed by atoms with Crippen LogP contribution in [0.5, 0.6) is 11.5 Å². The van der Waals surface area contributed by atoms with Crippen molar-refractivity contribution >= 4 is 35.0 Å². The van der Waals surface area contributed by atoms with Gasteiger partial charge in [0.2, 0.25) is 0 Å². The molecule has 1 fully saturated rings. The van der Waals surface area contributed by atoms with E-state index in [1.807, 2.05) is 11.9 Å². The van der Waals surface area contributed by atoms with Crippen molar-refractivity contribution in [1.29, 1.82) is 0 Å². The summed E-state index contributed by atoms with van der Waals surface area (Å²) in [5.74, 6) is -0.767. The molecule has 0 amide bonds. The van der Waals surface area contributed by atoms with Gasteiger partial charge >= 0.3 is 0 Å². The van der Waals surface area contributed by atoms with Crippen molar-refractivity contribution in [3.05, 3.63) is 57.2 Å². The van der Waals surface area contributed by atoms with Gasteiger partial charge in [-0.1, -0.05) is 23.7 Å². The molecule has 1 aliphatic heterocycles. The van der Waals surface area contributed by atoms with Gasteiger partial charge in [0, 0.05) is 35.7 Å². The topological polar surface area (TPSA) is 94.1 Å². The summed E-state index contributed by atoms with van der Waals surface area (Å²) >= 11 is 6.25. The van der Waals surface area contributed by atoms with E-state index in [1.165, 1.54) is 6.07 Å². The maximum Gasteiger partial charge on any atom is 0.197 e. The number of benzene rings is 2. The number of nitrogens with zero attached hydrogens (tertiary/aromatic N) is 1. The smallest absolute Gasteiger partial charge is 0.197 e. The summed E-state index contributed by atoms with van der Waals surface area (Å²) in [6.45, 7) is 1.15. The van der Waals surface area contributed by atoms with Gasteiger partial charge in [0.25, 0.3) is 0 Å². The second-order valence-electron chi connectivity index (χ2n) is 7.21. The van der Waals surface area contributed by atoms with Crippen LogP contribution in [0.3, 0.4) is 0 Å². The molecule has 0 aliphatic carbocycles. The highest BCUT2D eigenvalue weighted by Crippen LogP contribution is 2.42. The van der Waals surface area contributed by atoms with E-state index in [4.69, 9.17) is 16.0 Å². The third-order valence-corrected chi connectivity index (χ3v) is 5.62. The van der Waals surface area contributed by atoms with Gasteiger partial charge in [0.05, 0.1) is 11.1 Å². The Labute approximate surface area is 178 Å². The molecule has 0 bridgehead atoms. The number of aliphatic hydroxyl groups is 1. The predicted molar refractivity (Wildman–Crippen MR) is 114 cm³/mol. The van der Waals surface area contributed by atoms with Crippen molar-refractivity contribution in [3.8, 4) is 22.8 Å². The lowest BCUT2D eigenvalue weighted by Gasteiger charge is -2.34. The molecule has 4 rings (SSSR count). The molecule has 154 valence electrons. The van der Waals surface area contributed by atoms with Crippen LogP contribution in [0.2, 0.25) is 5.02 Å². The number of halogens is 2. The maximum atomic E-state index is 12.8. The first-order valence-electron chi connectivity index (χ1n) is 9.01. The van der Waals surface area contributed by atoms with Crippen LogP contribution in [0, 0.1) is 0 Å². The summed E-state index contributed by atoms with van der Waals surface area (Å²) in [6.07, 6.45) is -0.169. The zero-order chi connectivity index (χ0) is 20.0. The van der Waals surface area contributed by atoms with Crippen molar-refractivity contribution in [2.45, 2.75) is 18.4 Å². The fourth-order valence-electron chi connectivity index (χ4n) is 3.90. The molecule has 3 aromatic rings. The zero-order valence-electron chi connectivity index (χ0n) is 15.6. The molecule has 8 heteroatoms. The van der Waals surface area contributed by atoms with Crippen LogP contribution in [0.15, 0.2) is 45.6 Å². The molecule has 0 spiro atoms. The first kappa shape index (κ1) is 21.5. The number of rotatable bonds is 2. The molecule has 2 atom stereocenters. The summed E-state index contributed by atoms with van der Waals surface area (Å²) in [5, 5.41) is 31.8. The highest BCUT2D eigenvalue weighted by Gasteiger charge is 2.33. The van der Waals surface area contributed by atoms with E-state index >= 15 is 0 Å². The van der Waals surface area contributed by atoms with Crippen LogP contribution in [0.25, 0.3) is 22.3 Å². The third kappa shape index (κ3) is 3.81. The molecule has 1 saturated heterocycles. The molecular formula is C21H21Cl2NO5. The van der Waals surface area contributed by atoms with Crippen LogP contribution >= 0.6 is 24.0 Å². The number of piperidine rings is 1. The Balaban J connectivity index is 0.00000240. The molecule has 1 aliphatic rings. The number of phenolic OH excluding ortho intramolecular Hbond substituents is 2. The number of aromatic hydroxyl groups is 2. The predicted octanol–water partition coefficient (Wildman–Crippen LogP) is 3.73. The van der Waals surface area contributed by atoms with E-state index in [2.05, 4.69) is 0 Å². The van der Waals surface area contributed by atoms with Gasteiger partial charge in [-0.2, -0.15) is 0 Å². The third-order valence-electron chi connectivity index (χ3n) is 5.29. The minimum Gasteiger partial charge on any atom is -0.507 e. The minimum atomic E-state index is -0.744. The Hall–Kier alpha value is -2.25. The first-order valence-corrected chi connectivity index (χ1v) is 9.38. The monoisotopic (exact) mass is 437 g/mol. The number of fused-ring (bicyclic) bond motifs is 1.